The molecule has 0 bridgehead atoms. The van der Waals surface area contributed by atoms with Crippen molar-refractivity contribution >= 4 is 29.9 Å². The fraction of sp³-hybridized carbons (Fsp3) is 0. The number of amides is 2. The maximum Gasteiger partial charge on any atom is 0.338 e. The van der Waals surface area contributed by atoms with E-state index >= 15 is 0 Å². The minimum absolute atomic E-state index is 0. The SMILES string of the molecule is Cl.O=C1N=c2cc(-n3ccnc3)c([N+](=O)[O-])cc2=NC1=O. The lowest BCUT2D eigenvalue weighted by Gasteiger charge is -2.04. The van der Waals surface area contributed by atoms with E-state index in [2.05, 4.69) is 15.0 Å². The molecule has 0 unspecified atom stereocenters. The normalized spacial score (nSPS) is 12.8. The van der Waals surface area contributed by atoms with E-state index < -0.39 is 16.7 Å². The molecule has 10 heteroatoms. The molecule has 0 N–H and O–H groups in total. The number of nitrogens with zero attached hydrogens (tertiary/aromatic N) is 5. The second-order valence-electron chi connectivity index (χ2n) is 3.89. The molecule has 1 aromatic heterocycles. The van der Waals surface area contributed by atoms with Gasteiger partial charge in [-0.1, -0.05) is 0 Å². The second kappa shape index (κ2) is 5.21. The summed E-state index contributed by atoms with van der Waals surface area (Å²) in [6, 6.07) is 2.43. The van der Waals surface area contributed by atoms with Crippen molar-refractivity contribution in [3.05, 3.63) is 51.7 Å². The van der Waals surface area contributed by atoms with E-state index in [-0.39, 0.29) is 34.5 Å². The summed E-state index contributed by atoms with van der Waals surface area (Å²) >= 11 is 0. The van der Waals surface area contributed by atoms with E-state index in [4.69, 9.17) is 0 Å². The lowest BCUT2D eigenvalue weighted by Crippen LogP contribution is -2.35. The van der Waals surface area contributed by atoms with E-state index in [0.717, 1.165) is 6.07 Å². The van der Waals surface area contributed by atoms with E-state index in [1.165, 1.54) is 29.4 Å². The average molecular weight is 308 g/mol. The first-order valence-electron chi connectivity index (χ1n) is 5.39. The Kier molecular flexibility index (Phi) is 3.59. The third-order valence-electron chi connectivity index (χ3n) is 2.68. The summed E-state index contributed by atoms with van der Waals surface area (Å²) in [7, 11) is 0. The predicted octanol–water partition coefficient (Wildman–Crippen LogP) is -0.492. The summed E-state index contributed by atoms with van der Waals surface area (Å²) in [6.07, 6.45) is 4.35. The summed E-state index contributed by atoms with van der Waals surface area (Å²) < 4.78 is 1.41. The molecule has 0 saturated heterocycles. The van der Waals surface area contributed by atoms with Crippen LogP contribution >= 0.6 is 12.4 Å². The molecular formula is C11H6ClN5O4. The van der Waals surface area contributed by atoms with Gasteiger partial charge < -0.3 is 4.57 Å². The Hall–Kier alpha value is -2.94. The van der Waals surface area contributed by atoms with Crippen LogP contribution in [0, 0.1) is 10.1 Å². The van der Waals surface area contributed by atoms with Crippen LogP contribution in [0.4, 0.5) is 5.69 Å². The van der Waals surface area contributed by atoms with Crippen LogP contribution in [-0.4, -0.2) is 26.3 Å². The van der Waals surface area contributed by atoms with Gasteiger partial charge in [-0.3, -0.25) is 19.7 Å². The van der Waals surface area contributed by atoms with Gasteiger partial charge in [-0.15, -0.1) is 12.4 Å². The quantitative estimate of drug-likeness (QED) is 0.421. The van der Waals surface area contributed by atoms with Crippen LogP contribution in [0.3, 0.4) is 0 Å². The van der Waals surface area contributed by atoms with Crippen molar-refractivity contribution < 1.29 is 14.5 Å². The Balaban J connectivity index is 0.00000161. The van der Waals surface area contributed by atoms with Crippen molar-refractivity contribution in [3.63, 3.8) is 0 Å². The van der Waals surface area contributed by atoms with Gasteiger partial charge in [-0.05, 0) is 6.07 Å². The highest BCUT2D eigenvalue weighted by atomic mass is 35.5. The Morgan fingerprint density at radius 2 is 1.71 bits per heavy atom. The number of aromatic nitrogens is 2. The third kappa shape index (κ3) is 2.41. The molecule has 0 saturated carbocycles. The number of imidazole rings is 1. The number of nitro groups is 1. The smallest absolute Gasteiger partial charge is 0.300 e. The predicted molar refractivity (Wildman–Crippen MR) is 69.8 cm³/mol. The number of halogens is 1. The topological polar surface area (TPSA) is 120 Å². The number of fused-ring (bicyclic) bond motifs is 1. The highest BCUT2D eigenvalue weighted by Gasteiger charge is 2.21. The fourth-order valence-corrected chi connectivity index (χ4v) is 1.80. The van der Waals surface area contributed by atoms with Gasteiger partial charge in [0, 0.05) is 18.5 Å². The number of rotatable bonds is 2. The van der Waals surface area contributed by atoms with Gasteiger partial charge in [0.25, 0.3) is 5.69 Å². The highest BCUT2D eigenvalue weighted by molar-refractivity contribution is 6.36. The van der Waals surface area contributed by atoms with Crippen molar-refractivity contribution in [2.24, 2.45) is 9.98 Å². The van der Waals surface area contributed by atoms with Crippen LogP contribution in [0.5, 0.6) is 0 Å². The summed E-state index contributed by atoms with van der Waals surface area (Å²) in [5.41, 5.74) is -0.0739. The molecule has 1 aliphatic heterocycles. The van der Waals surface area contributed by atoms with Crippen LogP contribution in [0.1, 0.15) is 0 Å². The zero-order chi connectivity index (χ0) is 14.3. The van der Waals surface area contributed by atoms with Gasteiger partial charge in [0.05, 0.1) is 16.6 Å². The van der Waals surface area contributed by atoms with Crippen molar-refractivity contribution in [1.82, 2.24) is 9.55 Å². The van der Waals surface area contributed by atoms with Crippen LogP contribution in [0.2, 0.25) is 0 Å². The zero-order valence-electron chi connectivity index (χ0n) is 10.2. The summed E-state index contributed by atoms with van der Waals surface area (Å²) in [6.45, 7) is 0. The molecule has 2 heterocycles. The molecule has 0 radical (unpaired) electrons. The van der Waals surface area contributed by atoms with E-state index in [0.29, 0.717) is 0 Å². The molecule has 0 aliphatic carbocycles. The van der Waals surface area contributed by atoms with E-state index in [1.54, 1.807) is 0 Å². The van der Waals surface area contributed by atoms with Crippen LogP contribution in [-0.2, 0) is 9.59 Å². The number of hydrogen-bond acceptors (Lipinski definition) is 5. The van der Waals surface area contributed by atoms with Gasteiger partial charge in [-0.25, -0.2) is 15.0 Å². The minimum Gasteiger partial charge on any atom is -0.300 e. The van der Waals surface area contributed by atoms with Gasteiger partial charge in [-0.2, -0.15) is 0 Å². The molecular weight excluding hydrogens is 302 g/mol. The van der Waals surface area contributed by atoms with Gasteiger partial charge in [0.1, 0.15) is 11.0 Å². The Morgan fingerprint density at radius 3 is 2.24 bits per heavy atom. The summed E-state index contributed by atoms with van der Waals surface area (Å²) in [4.78, 5) is 43.7. The second-order valence-corrected chi connectivity index (χ2v) is 3.89. The first-order chi connectivity index (χ1) is 9.56. The maximum absolute atomic E-state index is 11.2. The van der Waals surface area contributed by atoms with Crippen LogP contribution < -0.4 is 10.7 Å². The number of hydrogen-bond donors (Lipinski definition) is 0. The van der Waals surface area contributed by atoms with Gasteiger partial charge >= 0.3 is 11.8 Å². The number of carbonyl (C=O) groups is 2. The first kappa shape index (κ1) is 14.5. The summed E-state index contributed by atoms with van der Waals surface area (Å²) in [5, 5.41) is 11.2. The molecule has 0 spiro atoms. The number of nitro benzene ring substituents is 1. The summed E-state index contributed by atoms with van der Waals surface area (Å²) in [5.74, 6) is -2.04. The highest BCUT2D eigenvalue weighted by Crippen LogP contribution is 2.18. The number of carbonyl (C=O) groups excluding carboxylic acids is 2. The van der Waals surface area contributed by atoms with Crippen molar-refractivity contribution in [1.29, 1.82) is 0 Å². The molecule has 1 aliphatic rings. The Labute approximate surface area is 122 Å². The van der Waals surface area contributed by atoms with E-state index in [9.17, 15) is 19.7 Å². The van der Waals surface area contributed by atoms with Crippen molar-refractivity contribution in [2.45, 2.75) is 0 Å². The fourth-order valence-electron chi connectivity index (χ4n) is 1.80. The largest absolute Gasteiger partial charge is 0.338 e. The van der Waals surface area contributed by atoms with Gasteiger partial charge in [0.2, 0.25) is 0 Å². The molecule has 106 valence electrons. The average Bonchev–Trinajstić information content (AvgIpc) is 2.92. The number of benzene rings is 1. The Bertz CT molecular complexity index is 875. The molecule has 1 aromatic carbocycles. The Morgan fingerprint density at radius 1 is 1.10 bits per heavy atom. The minimum atomic E-state index is -1.04. The lowest BCUT2D eigenvalue weighted by molar-refractivity contribution is -0.384. The van der Waals surface area contributed by atoms with Crippen molar-refractivity contribution in [3.8, 4) is 5.69 Å². The molecule has 2 amide bonds. The lowest BCUT2D eigenvalue weighted by atomic mass is 10.2. The molecule has 0 atom stereocenters. The maximum atomic E-state index is 11.2. The molecule has 3 rings (SSSR count). The molecule has 21 heavy (non-hydrogen) atoms. The standard InChI is InChI=1S/C11H5N5O4.ClH/c17-10-11(18)14-7-4-9(16(19)20)8(3-6(7)13-10)15-2-1-12-5-15;/h1-5H;1H. The van der Waals surface area contributed by atoms with E-state index in [1.807, 2.05) is 0 Å². The third-order valence-corrected chi connectivity index (χ3v) is 2.68. The van der Waals surface area contributed by atoms with Gasteiger partial charge in [0.15, 0.2) is 0 Å². The molecule has 9 nitrogen and oxygen atoms in total. The monoisotopic (exact) mass is 307 g/mol. The molecule has 0 fully saturated rings. The molecule has 2 aromatic rings. The zero-order valence-corrected chi connectivity index (χ0v) is 11.0. The van der Waals surface area contributed by atoms with Crippen molar-refractivity contribution in [2.75, 3.05) is 0 Å². The first-order valence-corrected chi connectivity index (χ1v) is 5.39. The van der Waals surface area contributed by atoms with Crippen LogP contribution in [0.25, 0.3) is 5.69 Å². The van der Waals surface area contributed by atoms with Crippen LogP contribution in [0.15, 0.2) is 40.8 Å².